The lowest BCUT2D eigenvalue weighted by Gasteiger charge is -2.15. The molecule has 1 N–H and O–H groups in total. The summed E-state index contributed by atoms with van der Waals surface area (Å²) in [6.45, 7) is -0.105. The van der Waals surface area contributed by atoms with Crippen molar-refractivity contribution in [2.24, 2.45) is 0 Å². The van der Waals surface area contributed by atoms with Crippen molar-refractivity contribution in [1.82, 2.24) is 10.1 Å². The minimum Gasteiger partial charge on any atom is -0.497 e. The number of methoxy groups -OCH3 is 1. The van der Waals surface area contributed by atoms with Gasteiger partial charge in [0.05, 0.1) is 18.5 Å². The van der Waals surface area contributed by atoms with E-state index in [4.69, 9.17) is 9.26 Å². The molecule has 0 aliphatic heterocycles. The van der Waals surface area contributed by atoms with Gasteiger partial charge >= 0.3 is 0 Å². The van der Waals surface area contributed by atoms with Crippen LogP contribution in [-0.2, 0) is 4.79 Å². The maximum absolute atomic E-state index is 12.4. The molecule has 0 radical (unpaired) electrons. The summed E-state index contributed by atoms with van der Waals surface area (Å²) >= 11 is 1.49. The van der Waals surface area contributed by atoms with E-state index < -0.39 is 0 Å². The van der Waals surface area contributed by atoms with Gasteiger partial charge in [-0.2, -0.15) is 0 Å². The molecule has 0 atom stereocenters. The number of anilines is 1. The van der Waals surface area contributed by atoms with E-state index in [0.29, 0.717) is 17.2 Å². The third-order valence-corrected chi connectivity index (χ3v) is 4.48. The Kier molecular flexibility index (Phi) is 5.33. The molecule has 134 valence electrons. The molecule has 3 rings (SSSR count). The van der Waals surface area contributed by atoms with Gasteiger partial charge in [-0.15, -0.1) is 11.3 Å². The highest BCUT2D eigenvalue weighted by Crippen LogP contribution is 2.25. The van der Waals surface area contributed by atoms with Crippen LogP contribution < -0.4 is 10.1 Å². The molecular weight excluding hydrogens is 354 g/mol. The van der Waals surface area contributed by atoms with Crippen LogP contribution in [0.5, 0.6) is 5.75 Å². The van der Waals surface area contributed by atoms with Gasteiger partial charge < -0.3 is 19.5 Å². The van der Waals surface area contributed by atoms with Gasteiger partial charge in [0.1, 0.15) is 5.75 Å². The van der Waals surface area contributed by atoms with E-state index in [9.17, 15) is 9.59 Å². The van der Waals surface area contributed by atoms with Gasteiger partial charge in [-0.05, 0) is 35.7 Å². The number of carbonyl (C=O) groups excluding carboxylic acids is 2. The van der Waals surface area contributed by atoms with Crippen LogP contribution in [0.3, 0.4) is 0 Å². The van der Waals surface area contributed by atoms with E-state index in [0.717, 1.165) is 4.88 Å². The van der Waals surface area contributed by atoms with Crippen molar-refractivity contribution < 1.29 is 18.8 Å². The van der Waals surface area contributed by atoms with Crippen LogP contribution in [-0.4, -0.2) is 42.6 Å². The molecule has 0 aliphatic carbocycles. The molecule has 2 amide bonds. The maximum atomic E-state index is 12.4. The molecule has 0 saturated heterocycles. The maximum Gasteiger partial charge on any atom is 0.276 e. The SMILES string of the molecule is COc1ccc(NC(=O)CN(C)C(=O)c2cc(-c3cccs3)on2)cc1. The smallest absolute Gasteiger partial charge is 0.276 e. The van der Waals surface area contributed by atoms with Crippen molar-refractivity contribution in [1.29, 1.82) is 0 Å². The van der Waals surface area contributed by atoms with Crippen molar-refractivity contribution in [3.63, 3.8) is 0 Å². The first kappa shape index (κ1) is 17.7. The number of ether oxygens (including phenoxy) is 1. The lowest BCUT2D eigenvalue weighted by atomic mass is 10.3. The highest BCUT2D eigenvalue weighted by molar-refractivity contribution is 7.13. The Labute approximate surface area is 154 Å². The average molecular weight is 371 g/mol. The van der Waals surface area contributed by atoms with E-state index in [2.05, 4.69) is 10.5 Å². The normalized spacial score (nSPS) is 10.4. The molecule has 0 saturated carbocycles. The number of nitrogens with zero attached hydrogens (tertiary/aromatic N) is 2. The lowest BCUT2D eigenvalue weighted by Crippen LogP contribution is -2.35. The minimum atomic E-state index is -0.388. The zero-order chi connectivity index (χ0) is 18.5. The van der Waals surface area contributed by atoms with E-state index in [1.165, 1.54) is 23.3 Å². The number of hydrogen-bond acceptors (Lipinski definition) is 6. The van der Waals surface area contributed by atoms with Crippen molar-refractivity contribution in [2.45, 2.75) is 0 Å². The van der Waals surface area contributed by atoms with Gasteiger partial charge in [0.25, 0.3) is 5.91 Å². The molecule has 7 nitrogen and oxygen atoms in total. The van der Waals surface area contributed by atoms with Gasteiger partial charge in [-0.3, -0.25) is 9.59 Å². The first-order chi connectivity index (χ1) is 12.6. The molecule has 2 heterocycles. The van der Waals surface area contributed by atoms with Crippen LogP contribution in [0.2, 0.25) is 0 Å². The molecule has 3 aromatic rings. The number of carbonyl (C=O) groups is 2. The van der Waals surface area contributed by atoms with E-state index in [1.54, 1.807) is 37.4 Å². The first-order valence-electron chi connectivity index (χ1n) is 7.77. The topological polar surface area (TPSA) is 84.7 Å². The summed E-state index contributed by atoms with van der Waals surface area (Å²) in [6, 6.07) is 12.3. The largest absolute Gasteiger partial charge is 0.497 e. The molecule has 2 aromatic heterocycles. The highest BCUT2D eigenvalue weighted by Gasteiger charge is 2.20. The predicted molar refractivity (Wildman–Crippen MR) is 98.4 cm³/mol. The van der Waals surface area contributed by atoms with Gasteiger partial charge in [0, 0.05) is 18.8 Å². The third kappa shape index (κ3) is 4.09. The van der Waals surface area contributed by atoms with Crippen LogP contribution in [0.15, 0.2) is 52.4 Å². The molecule has 8 heteroatoms. The molecule has 0 aliphatic rings. The van der Waals surface area contributed by atoms with Crippen molar-refractivity contribution in [2.75, 3.05) is 26.0 Å². The molecular formula is C18H17N3O4S. The molecule has 1 aromatic carbocycles. The second-order valence-corrected chi connectivity index (χ2v) is 6.44. The Balaban J connectivity index is 1.59. The first-order valence-corrected chi connectivity index (χ1v) is 8.65. The minimum absolute atomic E-state index is 0.105. The molecule has 0 fully saturated rings. The number of thiophene rings is 1. The molecule has 0 bridgehead atoms. The second-order valence-electron chi connectivity index (χ2n) is 5.49. The predicted octanol–water partition coefficient (Wildman–Crippen LogP) is 3.12. The monoisotopic (exact) mass is 371 g/mol. The fourth-order valence-corrected chi connectivity index (χ4v) is 2.94. The van der Waals surface area contributed by atoms with Crippen LogP contribution >= 0.6 is 11.3 Å². The Hall–Kier alpha value is -3.13. The van der Waals surface area contributed by atoms with Crippen LogP contribution in [0.4, 0.5) is 5.69 Å². The van der Waals surface area contributed by atoms with Gasteiger partial charge in [0.2, 0.25) is 5.91 Å². The Morgan fingerprint density at radius 2 is 2.04 bits per heavy atom. The van der Waals surface area contributed by atoms with Gasteiger partial charge in [0.15, 0.2) is 11.5 Å². The van der Waals surface area contributed by atoms with E-state index >= 15 is 0 Å². The zero-order valence-electron chi connectivity index (χ0n) is 14.3. The summed E-state index contributed by atoms with van der Waals surface area (Å²) in [7, 11) is 3.11. The van der Waals surface area contributed by atoms with Crippen LogP contribution in [0, 0.1) is 0 Å². The van der Waals surface area contributed by atoms with Gasteiger partial charge in [-0.1, -0.05) is 11.2 Å². The van der Waals surface area contributed by atoms with E-state index in [-0.39, 0.29) is 24.1 Å². The average Bonchev–Trinajstić information content (AvgIpc) is 3.33. The number of likely N-dealkylation sites (N-methyl/N-ethyl adjacent to an activating group) is 1. The van der Waals surface area contributed by atoms with Crippen LogP contribution in [0.25, 0.3) is 10.6 Å². The van der Waals surface area contributed by atoms with Gasteiger partial charge in [-0.25, -0.2) is 0 Å². The molecule has 0 unspecified atom stereocenters. The summed E-state index contributed by atoms with van der Waals surface area (Å²) in [6.07, 6.45) is 0. The molecule has 0 spiro atoms. The highest BCUT2D eigenvalue weighted by atomic mass is 32.1. The van der Waals surface area contributed by atoms with Crippen molar-refractivity contribution >= 4 is 28.8 Å². The fraction of sp³-hybridized carbons (Fsp3) is 0.167. The molecule has 26 heavy (non-hydrogen) atoms. The fourth-order valence-electron chi connectivity index (χ4n) is 2.27. The number of aromatic nitrogens is 1. The Morgan fingerprint density at radius 1 is 1.27 bits per heavy atom. The Morgan fingerprint density at radius 3 is 2.69 bits per heavy atom. The summed E-state index contributed by atoms with van der Waals surface area (Å²) in [5.74, 6) is 0.525. The zero-order valence-corrected chi connectivity index (χ0v) is 15.1. The summed E-state index contributed by atoms with van der Waals surface area (Å²) in [4.78, 5) is 26.7. The standard InChI is InChI=1S/C18H17N3O4S/c1-21(11-17(22)19-12-5-7-13(24-2)8-6-12)18(23)14-10-15(25-20-14)16-4-3-9-26-16/h3-10H,11H2,1-2H3,(H,19,22). The third-order valence-electron chi connectivity index (χ3n) is 3.59. The number of nitrogens with one attached hydrogen (secondary N) is 1. The quantitative estimate of drug-likeness (QED) is 0.720. The number of rotatable bonds is 6. The second kappa shape index (κ2) is 7.83. The number of hydrogen-bond donors (Lipinski definition) is 1. The summed E-state index contributed by atoms with van der Waals surface area (Å²) < 4.78 is 10.3. The van der Waals surface area contributed by atoms with Crippen LogP contribution in [0.1, 0.15) is 10.5 Å². The van der Waals surface area contributed by atoms with E-state index in [1.807, 2.05) is 17.5 Å². The lowest BCUT2D eigenvalue weighted by molar-refractivity contribution is -0.116. The summed E-state index contributed by atoms with van der Waals surface area (Å²) in [5.41, 5.74) is 0.784. The number of amides is 2. The number of benzene rings is 1. The Bertz CT molecular complexity index is 888. The summed E-state index contributed by atoms with van der Waals surface area (Å²) in [5, 5.41) is 8.44. The van der Waals surface area contributed by atoms with Crippen molar-refractivity contribution in [3.8, 4) is 16.4 Å². The van der Waals surface area contributed by atoms with Crippen molar-refractivity contribution in [3.05, 3.63) is 53.5 Å².